The zero-order chi connectivity index (χ0) is 12.3. The second-order valence-electron chi connectivity index (χ2n) is 3.17. The van der Waals surface area contributed by atoms with Crippen molar-refractivity contribution in [1.29, 1.82) is 0 Å². The second kappa shape index (κ2) is 4.50. The molecule has 1 rings (SSSR count). The molecule has 0 amide bonds. The van der Waals surface area contributed by atoms with Gasteiger partial charge in [0.2, 0.25) is 0 Å². The molecule has 0 aliphatic heterocycles. The van der Waals surface area contributed by atoms with Crippen molar-refractivity contribution in [3.63, 3.8) is 0 Å². The summed E-state index contributed by atoms with van der Waals surface area (Å²) >= 11 is 0. The van der Waals surface area contributed by atoms with Crippen molar-refractivity contribution in [2.24, 2.45) is 5.14 Å². The number of nitrogens with one attached hydrogen (secondary N) is 1. The van der Waals surface area contributed by atoms with E-state index in [2.05, 4.69) is 9.46 Å². The van der Waals surface area contributed by atoms with Crippen LogP contribution in [-0.4, -0.2) is 21.5 Å². The second-order valence-corrected chi connectivity index (χ2v) is 4.46. The van der Waals surface area contributed by atoms with Gasteiger partial charge in [-0.15, -0.1) is 0 Å². The number of ether oxygens (including phenoxy) is 1. The Bertz CT molecular complexity index is 510. The quantitative estimate of drug-likeness (QED) is 0.752. The maximum absolute atomic E-state index is 11.2. The van der Waals surface area contributed by atoms with Gasteiger partial charge in [0.15, 0.2) is 0 Å². The predicted octanol–water partition coefficient (Wildman–Crippen LogP) is 0.397. The number of anilines is 1. The number of hydrogen-bond acceptors (Lipinski definition) is 4. The lowest BCUT2D eigenvalue weighted by atomic mass is 10.1. The third-order valence-corrected chi connectivity index (χ3v) is 2.42. The van der Waals surface area contributed by atoms with E-state index in [1.807, 2.05) is 0 Å². The number of nitrogens with two attached hydrogens (primary N) is 1. The zero-order valence-electron chi connectivity index (χ0n) is 8.85. The summed E-state index contributed by atoms with van der Waals surface area (Å²) < 4.78 is 28.3. The first-order chi connectivity index (χ1) is 7.33. The minimum absolute atomic E-state index is 0.249. The number of carbonyl (C=O) groups excluding carboxylic acids is 1. The van der Waals surface area contributed by atoms with E-state index in [9.17, 15) is 13.2 Å². The normalized spacial score (nSPS) is 10.9. The van der Waals surface area contributed by atoms with Crippen molar-refractivity contribution >= 4 is 21.9 Å². The molecular formula is C9H12N2O4S. The van der Waals surface area contributed by atoms with Gasteiger partial charge in [0.05, 0.1) is 18.4 Å². The maximum atomic E-state index is 11.2. The third kappa shape index (κ3) is 3.21. The monoisotopic (exact) mass is 244 g/mol. The molecule has 0 heterocycles. The summed E-state index contributed by atoms with van der Waals surface area (Å²) in [6.07, 6.45) is 0. The molecule has 0 aliphatic carbocycles. The Morgan fingerprint density at radius 3 is 2.56 bits per heavy atom. The summed E-state index contributed by atoms with van der Waals surface area (Å²) in [5, 5.41) is 4.84. The fourth-order valence-electron chi connectivity index (χ4n) is 1.13. The summed E-state index contributed by atoms with van der Waals surface area (Å²) in [6, 6.07) is 4.50. The Morgan fingerprint density at radius 2 is 2.06 bits per heavy atom. The molecular weight excluding hydrogens is 232 g/mol. The van der Waals surface area contributed by atoms with Crippen molar-refractivity contribution in [2.75, 3.05) is 11.8 Å². The molecule has 3 N–H and O–H groups in total. The number of carbonyl (C=O) groups is 1. The molecule has 0 atom stereocenters. The van der Waals surface area contributed by atoms with Crippen LogP contribution in [0.1, 0.15) is 15.9 Å². The van der Waals surface area contributed by atoms with E-state index in [0.29, 0.717) is 5.56 Å². The lowest BCUT2D eigenvalue weighted by Gasteiger charge is -2.08. The standard InChI is InChI=1S/C9H12N2O4S/c1-6-3-4-7(9(12)15-2)5-8(6)11-16(10,13)14/h3-5,11H,1-2H3,(H2,10,13,14). The van der Waals surface area contributed by atoms with Gasteiger partial charge in [-0.3, -0.25) is 4.72 Å². The van der Waals surface area contributed by atoms with E-state index in [1.54, 1.807) is 13.0 Å². The van der Waals surface area contributed by atoms with Crippen molar-refractivity contribution in [3.05, 3.63) is 29.3 Å². The average molecular weight is 244 g/mol. The van der Waals surface area contributed by atoms with Gasteiger partial charge in [-0.05, 0) is 24.6 Å². The largest absolute Gasteiger partial charge is 0.465 e. The van der Waals surface area contributed by atoms with Gasteiger partial charge in [0, 0.05) is 0 Å². The molecule has 16 heavy (non-hydrogen) atoms. The van der Waals surface area contributed by atoms with Gasteiger partial charge in [-0.1, -0.05) is 6.07 Å². The van der Waals surface area contributed by atoms with Crippen LogP contribution in [0.15, 0.2) is 18.2 Å². The molecule has 0 aliphatic rings. The van der Waals surface area contributed by atoms with Crippen LogP contribution in [0.2, 0.25) is 0 Å². The Kier molecular flexibility index (Phi) is 3.51. The third-order valence-electron chi connectivity index (χ3n) is 1.91. The summed E-state index contributed by atoms with van der Waals surface area (Å²) in [7, 11) is -2.61. The van der Waals surface area contributed by atoms with Crippen LogP contribution < -0.4 is 9.86 Å². The van der Waals surface area contributed by atoms with Crippen LogP contribution >= 0.6 is 0 Å². The fourth-order valence-corrected chi connectivity index (χ4v) is 1.66. The molecule has 0 fully saturated rings. The molecule has 0 radical (unpaired) electrons. The maximum Gasteiger partial charge on any atom is 0.337 e. The minimum atomic E-state index is -3.85. The minimum Gasteiger partial charge on any atom is -0.465 e. The predicted molar refractivity (Wildman–Crippen MR) is 59.2 cm³/mol. The fraction of sp³-hybridized carbons (Fsp3) is 0.222. The average Bonchev–Trinajstić information content (AvgIpc) is 2.18. The van der Waals surface area contributed by atoms with Gasteiger partial charge < -0.3 is 4.74 Å². The molecule has 1 aromatic carbocycles. The van der Waals surface area contributed by atoms with E-state index < -0.39 is 16.2 Å². The van der Waals surface area contributed by atoms with E-state index in [-0.39, 0.29) is 11.3 Å². The van der Waals surface area contributed by atoms with E-state index in [1.165, 1.54) is 19.2 Å². The van der Waals surface area contributed by atoms with Crippen LogP contribution in [0.3, 0.4) is 0 Å². The number of aryl methyl sites for hydroxylation is 1. The molecule has 0 saturated carbocycles. The number of hydrogen-bond donors (Lipinski definition) is 2. The van der Waals surface area contributed by atoms with Gasteiger partial charge in [0.1, 0.15) is 0 Å². The van der Waals surface area contributed by atoms with E-state index in [0.717, 1.165) is 0 Å². The molecule has 1 aromatic rings. The van der Waals surface area contributed by atoms with Crippen LogP contribution in [0.4, 0.5) is 5.69 Å². The summed E-state index contributed by atoms with van der Waals surface area (Å²) in [5.41, 5.74) is 1.16. The highest BCUT2D eigenvalue weighted by Crippen LogP contribution is 2.18. The van der Waals surface area contributed by atoms with Crippen molar-refractivity contribution < 1.29 is 17.9 Å². The van der Waals surface area contributed by atoms with Crippen LogP contribution in [0.25, 0.3) is 0 Å². The molecule has 0 spiro atoms. The lowest BCUT2D eigenvalue weighted by Crippen LogP contribution is -2.22. The molecule has 7 heteroatoms. The Balaban J connectivity index is 3.14. The Labute approximate surface area is 93.6 Å². The summed E-state index contributed by atoms with van der Waals surface area (Å²) in [6.45, 7) is 1.69. The van der Waals surface area contributed by atoms with Crippen molar-refractivity contribution in [2.45, 2.75) is 6.92 Å². The van der Waals surface area contributed by atoms with Crippen LogP contribution in [0.5, 0.6) is 0 Å². The van der Waals surface area contributed by atoms with Crippen LogP contribution in [-0.2, 0) is 14.9 Å². The molecule has 0 bridgehead atoms. The number of esters is 1. The van der Waals surface area contributed by atoms with Gasteiger partial charge >= 0.3 is 5.97 Å². The number of benzene rings is 1. The highest BCUT2D eigenvalue weighted by atomic mass is 32.2. The first kappa shape index (κ1) is 12.5. The smallest absolute Gasteiger partial charge is 0.337 e. The lowest BCUT2D eigenvalue weighted by molar-refractivity contribution is 0.0601. The molecule has 88 valence electrons. The van der Waals surface area contributed by atoms with Gasteiger partial charge in [-0.2, -0.15) is 8.42 Å². The Morgan fingerprint density at radius 1 is 1.44 bits per heavy atom. The topological polar surface area (TPSA) is 98.5 Å². The molecule has 0 aromatic heterocycles. The zero-order valence-corrected chi connectivity index (χ0v) is 9.67. The van der Waals surface area contributed by atoms with Crippen LogP contribution in [0, 0.1) is 6.92 Å². The van der Waals surface area contributed by atoms with Gasteiger partial charge in [0.25, 0.3) is 10.2 Å². The van der Waals surface area contributed by atoms with Gasteiger partial charge in [-0.25, -0.2) is 9.93 Å². The van der Waals surface area contributed by atoms with E-state index in [4.69, 9.17) is 5.14 Å². The highest BCUT2D eigenvalue weighted by Gasteiger charge is 2.10. The van der Waals surface area contributed by atoms with Crippen molar-refractivity contribution in [3.8, 4) is 0 Å². The summed E-state index contributed by atoms with van der Waals surface area (Å²) in [4.78, 5) is 11.2. The first-order valence-corrected chi connectivity index (χ1v) is 5.87. The van der Waals surface area contributed by atoms with E-state index >= 15 is 0 Å². The first-order valence-electron chi connectivity index (χ1n) is 4.33. The molecule has 0 saturated heterocycles. The number of methoxy groups -OCH3 is 1. The SMILES string of the molecule is COC(=O)c1ccc(C)c(NS(N)(=O)=O)c1. The summed E-state index contributed by atoms with van der Waals surface area (Å²) in [5.74, 6) is -0.544. The molecule has 6 nitrogen and oxygen atoms in total. The Hall–Kier alpha value is -1.60. The molecule has 0 unspecified atom stereocenters. The highest BCUT2D eigenvalue weighted by molar-refractivity contribution is 7.90. The van der Waals surface area contributed by atoms with Crippen molar-refractivity contribution in [1.82, 2.24) is 0 Å². The number of rotatable bonds is 3.